The number of aliphatic imine (C=N–C) groups is 1. The molecule has 1 aliphatic rings. The van der Waals surface area contributed by atoms with Crippen LogP contribution in [0.25, 0.3) is 0 Å². The van der Waals surface area contributed by atoms with Crippen molar-refractivity contribution >= 4 is 63.1 Å². The van der Waals surface area contributed by atoms with Crippen LogP contribution in [0, 0.1) is 0 Å². The second-order valence-corrected chi connectivity index (χ2v) is 10.5. The summed E-state index contributed by atoms with van der Waals surface area (Å²) in [5.41, 5.74) is 0. The fraction of sp³-hybridized carbons (Fsp3) is 0.750. The first kappa shape index (κ1) is 24.9. The summed E-state index contributed by atoms with van der Waals surface area (Å²) in [6.07, 6.45) is 4.44. The highest BCUT2D eigenvalue weighted by Crippen LogP contribution is 2.20. The number of hydrogen-bond acceptors (Lipinski definition) is 6. The van der Waals surface area contributed by atoms with E-state index in [2.05, 4.69) is 20.6 Å². The molecule has 1 aromatic rings. The summed E-state index contributed by atoms with van der Waals surface area (Å²) in [6, 6.07) is 0.265. The van der Waals surface area contributed by atoms with E-state index in [0.29, 0.717) is 13.1 Å². The Kier molecular flexibility index (Phi) is 12.2. The van der Waals surface area contributed by atoms with Crippen molar-refractivity contribution in [1.82, 2.24) is 19.9 Å². The number of thioether (sulfide) groups is 1. The van der Waals surface area contributed by atoms with E-state index in [1.54, 1.807) is 34.3 Å². The smallest absolute Gasteiger partial charge is 0.213 e. The molecule has 0 spiro atoms. The van der Waals surface area contributed by atoms with Crippen molar-refractivity contribution in [3.05, 3.63) is 11.6 Å². The molecule has 1 aromatic heterocycles. The SMILES string of the molecule is CCNC(=NCCCSc1nccs1)NC1CCN(S(=O)(=O)CC)CC1.I. The van der Waals surface area contributed by atoms with E-state index in [0.717, 1.165) is 48.4 Å². The summed E-state index contributed by atoms with van der Waals surface area (Å²) in [4.78, 5) is 8.90. The average Bonchev–Trinajstić information content (AvgIpc) is 3.15. The summed E-state index contributed by atoms with van der Waals surface area (Å²) in [5.74, 6) is 2.00. The minimum Gasteiger partial charge on any atom is -0.357 e. The monoisotopic (exact) mass is 547 g/mol. The predicted molar refractivity (Wildman–Crippen MR) is 126 cm³/mol. The Morgan fingerprint density at radius 2 is 2.15 bits per heavy atom. The number of sulfonamides is 1. The number of thiazole rings is 1. The number of aromatic nitrogens is 1. The highest BCUT2D eigenvalue weighted by atomic mass is 127. The molecule has 0 amide bonds. The van der Waals surface area contributed by atoms with Gasteiger partial charge in [0.2, 0.25) is 10.0 Å². The van der Waals surface area contributed by atoms with E-state index >= 15 is 0 Å². The normalized spacial score (nSPS) is 16.7. The molecule has 0 atom stereocenters. The number of piperidine rings is 1. The lowest BCUT2D eigenvalue weighted by atomic mass is 10.1. The van der Waals surface area contributed by atoms with Gasteiger partial charge in [-0.2, -0.15) is 0 Å². The van der Waals surface area contributed by atoms with Crippen LogP contribution in [0.3, 0.4) is 0 Å². The lowest BCUT2D eigenvalue weighted by molar-refractivity contribution is 0.306. The molecule has 1 saturated heterocycles. The van der Waals surface area contributed by atoms with Crippen molar-refractivity contribution in [2.75, 3.05) is 37.7 Å². The molecule has 0 saturated carbocycles. The third-order valence-corrected chi connectivity index (χ3v) is 8.04. The first-order chi connectivity index (χ1) is 12.5. The zero-order chi connectivity index (χ0) is 18.8. The summed E-state index contributed by atoms with van der Waals surface area (Å²) in [7, 11) is -3.07. The van der Waals surface area contributed by atoms with Crippen LogP contribution >= 0.6 is 47.1 Å². The molecule has 0 aromatic carbocycles. The molecule has 0 bridgehead atoms. The van der Waals surface area contributed by atoms with Gasteiger partial charge in [0.15, 0.2) is 5.96 Å². The van der Waals surface area contributed by atoms with E-state index in [9.17, 15) is 8.42 Å². The highest BCUT2D eigenvalue weighted by Gasteiger charge is 2.26. The molecule has 1 fully saturated rings. The maximum atomic E-state index is 11.9. The Hall–Kier alpha value is -0.110. The van der Waals surface area contributed by atoms with Crippen LogP contribution < -0.4 is 10.6 Å². The van der Waals surface area contributed by atoms with Crippen LogP contribution in [0.4, 0.5) is 0 Å². The Bertz CT molecular complexity index is 647. The van der Waals surface area contributed by atoms with Gasteiger partial charge >= 0.3 is 0 Å². The number of hydrogen-bond donors (Lipinski definition) is 2. The van der Waals surface area contributed by atoms with E-state index < -0.39 is 10.0 Å². The molecule has 2 N–H and O–H groups in total. The van der Waals surface area contributed by atoms with Crippen molar-refractivity contribution in [2.45, 2.75) is 43.5 Å². The second kappa shape index (κ2) is 13.2. The number of rotatable bonds is 9. The van der Waals surface area contributed by atoms with Crippen molar-refractivity contribution in [3.8, 4) is 0 Å². The van der Waals surface area contributed by atoms with Gasteiger partial charge in [0.05, 0.1) is 5.75 Å². The Morgan fingerprint density at radius 3 is 2.74 bits per heavy atom. The molecule has 0 aliphatic carbocycles. The minimum absolute atomic E-state index is 0. The molecule has 1 aliphatic heterocycles. The van der Waals surface area contributed by atoms with Crippen molar-refractivity contribution in [3.63, 3.8) is 0 Å². The van der Waals surface area contributed by atoms with Gasteiger partial charge in [0.25, 0.3) is 0 Å². The molecule has 0 unspecified atom stereocenters. The summed E-state index contributed by atoms with van der Waals surface area (Å²) < 4.78 is 26.6. The Balaban J connectivity index is 0.00000364. The van der Waals surface area contributed by atoms with Crippen molar-refractivity contribution in [1.29, 1.82) is 0 Å². The van der Waals surface area contributed by atoms with Crippen LogP contribution in [0.5, 0.6) is 0 Å². The zero-order valence-electron chi connectivity index (χ0n) is 15.9. The first-order valence-electron chi connectivity index (χ1n) is 9.10. The largest absolute Gasteiger partial charge is 0.357 e. The van der Waals surface area contributed by atoms with Crippen LogP contribution in [-0.2, 0) is 10.0 Å². The summed E-state index contributed by atoms with van der Waals surface area (Å²) in [5, 5.41) is 8.72. The zero-order valence-corrected chi connectivity index (χ0v) is 20.7. The second-order valence-electron chi connectivity index (χ2n) is 5.98. The van der Waals surface area contributed by atoms with Crippen molar-refractivity contribution in [2.24, 2.45) is 4.99 Å². The van der Waals surface area contributed by atoms with Gasteiger partial charge in [0.1, 0.15) is 4.34 Å². The van der Waals surface area contributed by atoms with Crippen LogP contribution in [0.1, 0.15) is 33.1 Å². The van der Waals surface area contributed by atoms with E-state index in [1.165, 1.54) is 0 Å². The topological polar surface area (TPSA) is 86.7 Å². The van der Waals surface area contributed by atoms with E-state index in [1.807, 2.05) is 18.5 Å². The highest BCUT2D eigenvalue weighted by molar-refractivity contribution is 14.0. The Morgan fingerprint density at radius 1 is 1.41 bits per heavy atom. The number of guanidine groups is 1. The average molecular weight is 548 g/mol. The van der Waals surface area contributed by atoms with Gasteiger partial charge < -0.3 is 10.6 Å². The van der Waals surface area contributed by atoms with Crippen LogP contribution in [0.15, 0.2) is 20.9 Å². The van der Waals surface area contributed by atoms with Gasteiger partial charge in [-0.3, -0.25) is 4.99 Å². The maximum Gasteiger partial charge on any atom is 0.213 e. The van der Waals surface area contributed by atoms with E-state index in [-0.39, 0.29) is 35.8 Å². The molecule has 156 valence electrons. The minimum atomic E-state index is -3.07. The quantitative estimate of drug-likeness (QED) is 0.163. The van der Waals surface area contributed by atoms with Gasteiger partial charge in [0, 0.05) is 49.6 Å². The Labute approximate surface area is 188 Å². The molecule has 11 heteroatoms. The fourth-order valence-corrected chi connectivity index (χ4v) is 5.44. The van der Waals surface area contributed by atoms with Gasteiger partial charge in [-0.05, 0) is 33.1 Å². The fourth-order valence-electron chi connectivity index (χ4n) is 2.67. The van der Waals surface area contributed by atoms with Crippen LogP contribution in [0.2, 0.25) is 0 Å². The summed E-state index contributed by atoms with van der Waals surface area (Å²) >= 11 is 3.43. The number of nitrogens with zero attached hydrogens (tertiary/aromatic N) is 3. The van der Waals surface area contributed by atoms with Crippen LogP contribution in [-0.4, -0.2) is 67.4 Å². The first-order valence-corrected chi connectivity index (χ1v) is 12.6. The number of nitrogens with one attached hydrogen (secondary N) is 2. The molecule has 27 heavy (non-hydrogen) atoms. The van der Waals surface area contributed by atoms with Crippen molar-refractivity contribution < 1.29 is 8.42 Å². The lowest BCUT2D eigenvalue weighted by Crippen LogP contribution is -2.50. The lowest BCUT2D eigenvalue weighted by Gasteiger charge is -2.32. The van der Waals surface area contributed by atoms with Gasteiger partial charge in [-0.15, -0.1) is 35.3 Å². The molecule has 7 nitrogen and oxygen atoms in total. The van der Waals surface area contributed by atoms with Gasteiger partial charge in [-0.25, -0.2) is 17.7 Å². The predicted octanol–water partition coefficient (Wildman–Crippen LogP) is 2.61. The molecular weight excluding hydrogens is 517 g/mol. The van der Waals surface area contributed by atoms with Gasteiger partial charge in [-0.1, -0.05) is 11.8 Å². The standard InChI is InChI=1S/C16H29N5O2S3.HI/c1-3-17-15(18-8-5-12-24-16-19-9-13-25-16)20-14-6-10-21(11-7-14)26(22,23)4-2;/h9,13-14H,3-8,10-12H2,1-2H3,(H2,17,18,20);1H. The molecular formula is C16H30IN5O2S3. The third kappa shape index (κ3) is 8.84. The third-order valence-electron chi connectivity index (χ3n) is 4.10. The molecule has 2 heterocycles. The maximum absolute atomic E-state index is 11.9. The molecule has 0 radical (unpaired) electrons. The van der Waals surface area contributed by atoms with E-state index in [4.69, 9.17) is 0 Å². The summed E-state index contributed by atoms with van der Waals surface area (Å²) in [6.45, 7) is 6.48. The number of halogens is 1. The molecule has 2 rings (SSSR count).